The third kappa shape index (κ3) is 4.19. The fourth-order valence-corrected chi connectivity index (χ4v) is 2.08. The van der Waals surface area contributed by atoms with Crippen molar-refractivity contribution in [1.82, 2.24) is 9.97 Å². The Bertz CT molecular complexity index is 410. The third-order valence-electron chi connectivity index (χ3n) is 1.77. The highest BCUT2D eigenvalue weighted by molar-refractivity contribution is 7.84. The van der Waals surface area contributed by atoms with Gasteiger partial charge in [-0.1, -0.05) is 12.2 Å². The Morgan fingerprint density at radius 2 is 2.44 bits per heavy atom. The first-order valence-corrected chi connectivity index (χ1v) is 6.82. The Morgan fingerprint density at radius 3 is 3.00 bits per heavy atom. The topological polar surface area (TPSA) is 80.9 Å². The van der Waals surface area contributed by atoms with Crippen molar-refractivity contribution >= 4 is 34.0 Å². The zero-order chi connectivity index (χ0) is 12.1. The first-order valence-electron chi connectivity index (χ1n) is 4.68. The molecule has 16 heavy (non-hydrogen) atoms. The van der Waals surface area contributed by atoms with Crippen molar-refractivity contribution in [2.24, 2.45) is 5.73 Å². The van der Waals surface area contributed by atoms with E-state index in [-0.39, 0.29) is 11.0 Å². The van der Waals surface area contributed by atoms with Gasteiger partial charge in [-0.3, -0.25) is 4.21 Å². The van der Waals surface area contributed by atoms with Gasteiger partial charge in [0, 0.05) is 35.0 Å². The summed E-state index contributed by atoms with van der Waals surface area (Å²) in [5.41, 5.74) is 5.98. The van der Waals surface area contributed by atoms with Crippen LogP contribution in [0.1, 0.15) is 12.6 Å². The molecular weight excluding hydrogens is 244 g/mol. The minimum atomic E-state index is -0.852. The molecule has 1 aromatic heterocycles. The molecule has 0 radical (unpaired) electrons. The van der Waals surface area contributed by atoms with Crippen LogP contribution >= 0.6 is 12.2 Å². The first kappa shape index (κ1) is 13.0. The van der Waals surface area contributed by atoms with Crippen molar-refractivity contribution in [1.29, 1.82) is 0 Å². The smallest absolute Gasteiger partial charge is 0.223 e. The van der Waals surface area contributed by atoms with Gasteiger partial charge in [-0.05, 0) is 13.0 Å². The Balaban J connectivity index is 2.70. The molecule has 5 nitrogen and oxygen atoms in total. The van der Waals surface area contributed by atoms with E-state index in [0.717, 1.165) is 0 Å². The monoisotopic (exact) mass is 258 g/mol. The maximum absolute atomic E-state index is 11.0. The van der Waals surface area contributed by atoms with Gasteiger partial charge in [0.25, 0.3) is 0 Å². The number of aromatic nitrogens is 2. The largest absolute Gasteiger partial charge is 0.388 e. The van der Waals surface area contributed by atoms with E-state index in [1.165, 1.54) is 0 Å². The maximum atomic E-state index is 11.0. The number of nitrogens with zero attached hydrogens (tertiary/aromatic N) is 2. The van der Waals surface area contributed by atoms with Gasteiger partial charge in [-0.25, -0.2) is 9.97 Å². The molecule has 2 atom stereocenters. The molecular formula is C9H14N4OS2. The lowest BCUT2D eigenvalue weighted by molar-refractivity contribution is 0.682. The average Bonchev–Trinajstić information content (AvgIpc) is 2.16. The van der Waals surface area contributed by atoms with Crippen LogP contribution in [0.25, 0.3) is 0 Å². The molecule has 0 aliphatic carbocycles. The second kappa shape index (κ2) is 5.86. The number of hydrogen-bond acceptors (Lipinski definition) is 5. The van der Waals surface area contributed by atoms with Crippen molar-refractivity contribution in [2.75, 3.05) is 17.3 Å². The van der Waals surface area contributed by atoms with Crippen LogP contribution in [-0.4, -0.2) is 37.2 Å². The van der Waals surface area contributed by atoms with Crippen LogP contribution in [0.4, 0.5) is 5.95 Å². The van der Waals surface area contributed by atoms with Gasteiger partial charge in [0.2, 0.25) is 5.95 Å². The highest BCUT2D eigenvalue weighted by Crippen LogP contribution is 2.03. The van der Waals surface area contributed by atoms with E-state index in [0.29, 0.717) is 17.4 Å². The van der Waals surface area contributed by atoms with E-state index < -0.39 is 10.8 Å². The molecule has 1 heterocycles. The van der Waals surface area contributed by atoms with Gasteiger partial charge >= 0.3 is 0 Å². The normalized spacial score (nSPS) is 14.1. The van der Waals surface area contributed by atoms with Crippen LogP contribution in [0.3, 0.4) is 0 Å². The summed E-state index contributed by atoms with van der Waals surface area (Å²) >= 11 is 4.82. The molecule has 0 saturated heterocycles. The predicted molar refractivity (Wildman–Crippen MR) is 69.9 cm³/mol. The second-order valence-electron chi connectivity index (χ2n) is 3.41. The Morgan fingerprint density at radius 1 is 1.75 bits per heavy atom. The highest BCUT2D eigenvalue weighted by atomic mass is 32.2. The summed E-state index contributed by atoms with van der Waals surface area (Å²) in [6.45, 7) is 1.91. The van der Waals surface area contributed by atoms with E-state index in [4.69, 9.17) is 18.0 Å². The predicted octanol–water partition coefficient (Wildman–Crippen LogP) is 0.290. The molecule has 0 aliphatic heterocycles. The van der Waals surface area contributed by atoms with Crippen molar-refractivity contribution < 1.29 is 4.21 Å². The van der Waals surface area contributed by atoms with Gasteiger partial charge in [0.1, 0.15) is 10.7 Å². The summed E-state index contributed by atoms with van der Waals surface area (Å²) in [4.78, 5) is 8.40. The zero-order valence-electron chi connectivity index (χ0n) is 9.14. The maximum Gasteiger partial charge on any atom is 0.223 e. The lowest BCUT2D eigenvalue weighted by Crippen LogP contribution is -2.24. The zero-order valence-corrected chi connectivity index (χ0v) is 10.8. The highest BCUT2D eigenvalue weighted by Gasteiger charge is 2.07. The van der Waals surface area contributed by atoms with Gasteiger partial charge in [-0.2, -0.15) is 0 Å². The van der Waals surface area contributed by atoms with Gasteiger partial charge in [-0.15, -0.1) is 0 Å². The molecule has 0 bridgehead atoms. The van der Waals surface area contributed by atoms with E-state index in [9.17, 15) is 4.21 Å². The van der Waals surface area contributed by atoms with E-state index in [1.807, 2.05) is 6.92 Å². The summed E-state index contributed by atoms with van der Waals surface area (Å²) < 4.78 is 11.0. The van der Waals surface area contributed by atoms with Crippen molar-refractivity contribution in [3.8, 4) is 0 Å². The quantitative estimate of drug-likeness (QED) is 0.739. The molecule has 0 amide bonds. The Labute approximate surface area is 102 Å². The summed E-state index contributed by atoms with van der Waals surface area (Å²) in [5, 5.41) is 3.04. The van der Waals surface area contributed by atoms with Crippen molar-refractivity contribution in [3.05, 3.63) is 18.0 Å². The summed E-state index contributed by atoms with van der Waals surface area (Å²) in [7, 11) is -0.852. The lowest BCUT2D eigenvalue weighted by atomic mass is 10.4. The first-order chi connectivity index (χ1) is 7.49. The number of nitrogens with one attached hydrogen (secondary N) is 1. The van der Waals surface area contributed by atoms with E-state index >= 15 is 0 Å². The molecule has 0 saturated carbocycles. The number of thiocarbonyl (C=S) groups is 1. The summed E-state index contributed by atoms with van der Waals surface area (Å²) in [6, 6.07) is 1.68. The van der Waals surface area contributed by atoms with E-state index in [1.54, 1.807) is 18.5 Å². The minimum absolute atomic E-state index is 0.0347. The Kier molecular flexibility index (Phi) is 4.75. The van der Waals surface area contributed by atoms with Crippen LogP contribution in [0.5, 0.6) is 0 Å². The molecule has 3 N–H and O–H groups in total. The van der Waals surface area contributed by atoms with Crippen LogP contribution in [0.2, 0.25) is 0 Å². The number of anilines is 1. The second-order valence-corrected chi connectivity index (χ2v) is 5.33. The van der Waals surface area contributed by atoms with E-state index in [2.05, 4.69) is 15.3 Å². The van der Waals surface area contributed by atoms with Gasteiger partial charge < -0.3 is 11.1 Å². The SMILES string of the molecule is CC(CS(C)=O)Nc1nccc(C(N)=S)n1. The Hall–Kier alpha value is -1.08. The lowest BCUT2D eigenvalue weighted by Gasteiger charge is -2.12. The number of hydrogen-bond donors (Lipinski definition) is 2. The van der Waals surface area contributed by atoms with Crippen LogP contribution in [0, 0.1) is 0 Å². The van der Waals surface area contributed by atoms with Crippen molar-refractivity contribution in [3.63, 3.8) is 0 Å². The van der Waals surface area contributed by atoms with Crippen molar-refractivity contribution in [2.45, 2.75) is 13.0 Å². The molecule has 1 aromatic rings. The number of nitrogens with two attached hydrogens (primary N) is 1. The van der Waals surface area contributed by atoms with Crippen LogP contribution in [0.15, 0.2) is 12.3 Å². The van der Waals surface area contributed by atoms with Gasteiger partial charge in [0.05, 0.1) is 0 Å². The molecule has 88 valence electrons. The molecule has 7 heteroatoms. The fourth-order valence-electron chi connectivity index (χ4n) is 1.18. The summed E-state index contributed by atoms with van der Waals surface area (Å²) in [6.07, 6.45) is 3.24. The molecule has 0 fully saturated rings. The molecule has 0 spiro atoms. The van der Waals surface area contributed by atoms with Crippen LogP contribution in [-0.2, 0) is 10.8 Å². The van der Waals surface area contributed by atoms with Crippen LogP contribution < -0.4 is 11.1 Å². The average molecular weight is 258 g/mol. The molecule has 0 aromatic carbocycles. The van der Waals surface area contributed by atoms with Gasteiger partial charge in [0.15, 0.2) is 0 Å². The minimum Gasteiger partial charge on any atom is -0.388 e. The fraction of sp³-hybridized carbons (Fsp3) is 0.444. The molecule has 1 rings (SSSR count). The molecule has 0 aliphatic rings. The molecule has 2 unspecified atom stereocenters. The third-order valence-corrected chi connectivity index (χ3v) is 2.95. The summed E-state index contributed by atoms with van der Waals surface area (Å²) in [5.74, 6) is 0.990. The standard InChI is InChI=1S/C9H14N4OS2/c1-6(5-16(2)14)12-9-11-4-3-7(13-9)8(10)15/h3-4,6H,5H2,1-2H3,(H2,10,15)(H,11,12,13). The number of rotatable bonds is 5.